The summed E-state index contributed by atoms with van der Waals surface area (Å²) in [4.78, 5) is 9.61. The molecule has 0 saturated carbocycles. The zero-order valence-corrected chi connectivity index (χ0v) is 22.1. The molecule has 0 atom stereocenters. The van der Waals surface area contributed by atoms with Crippen LogP contribution in [-0.4, -0.2) is 9.97 Å². The largest absolute Gasteiger partial charge is 0.456 e. The van der Waals surface area contributed by atoms with Gasteiger partial charge in [0.15, 0.2) is 0 Å². The Hall–Kier alpha value is -5.99. The molecule has 0 fully saturated rings. The summed E-state index contributed by atoms with van der Waals surface area (Å²) in [6.07, 6.45) is 0. The van der Waals surface area contributed by atoms with Crippen LogP contribution < -0.4 is 0 Å². The van der Waals surface area contributed by atoms with E-state index in [1.54, 1.807) is 6.07 Å². The quantitative estimate of drug-likeness (QED) is 0.219. The van der Waals surface area contributed by atoms with E-state index in [0.29, 0.717) is 11.3 Å². The molecule has 0 aliphatic carbocycles. The first-order valence-electron chi connectivity index (χ1n) is 13.7. The van der Waals surface area contributed by atoms with Crippen molar-refractivity contribution in [2.45, 2.75) is 0 Å². The highest BCUT2D eigenvalue weighted by molar-refractivity contribution is 6.18. The molecule has 0 amide bonds. The Morgan fingerprint density at radius 3 is 1.95 bits per heavy atom. The van der Waals surface area contributed by atoms with E-state index in [1.165, 1.54) is 0 Å². The smallest absolute Gasteiger partial charge is 0.246 e. The van der Waals surface area contributed by atoms with Crippen molar-refractivity contribution in [2.24, 2.45) is 0 Å². The van der Waals surface area contributed by atoms with E-state index in [2.05, 4.69) is 66.7 Å². The highest BCUT2D eigenvalue weighted by Crippen LogP contribution is 2.37. The van der Waals surface area contributed by atoms with Gasteiger partial charge in [0.05, 0.1) is 28.1 Å². The fourth-order valence-electron chi connectivity index (χ4n) is 6.02. The average Bonchev–Trinajstić information content (AvgIpc) is 3.60. The van der Waals surface area contributed by atoms with Gasteiger partial charge in [-0.3, -0.25) is 0 Å². The first kappa shape index (κ1) is 22.8. The molecule has 0 radical (unpaired) electrons. The lowest BCUT2D eigenvalue weighted by Gasteiger charge is -2.07. The van der Waals surface area contributed by atoms with Crippen molar-refractivity contribution in [2.75, 3.05) is 0 Å². The van der Waals surface area contributed by atoms with Gasteiger partial charge in [0.1, 0.15) is 22.3 Å². The van der Waals surface area contributed by atoms with Crippen LogP contribution in [0.3, 0.4) is 0 Å². The molecule has 6 aromatic carbocycles. The van der Waals surface area contributed by atoms with Gasteiger partial charge >= 0.3 is 0 Å². The third-order valence-electron chi connectivity index (χ3n) is 8.11. The summed E-state index contributed by atoms with van der Waals surface area (Å²) in [5, 5.41) is 14.5. The van der Waals surface area contributed by atoms with Gasteiger partial charge in [-0.15, -0.1) is 0 Å². The monoisotopic (exact) mass is 537 g/mol. The third-order valence-corrected chi connectivity index (χ3v) is 8.11. The normalized spacial score (nSPS) is 11.8. The number of nitrogens with zero attached hydrogens (tertiary/aromatic N) is 3. The van der Waals surface area contributed by atoms with E-state index < -0.39 is 0 Å². The van der Waals surface area contributed by atoms with Crippen LogP contribution in [0.4, 0.5) is 0 Å². The number of hydrogen-bond donors (Lipinski definition) is 0. The molecular weight excluding hydrogens is 518 g/mol. The highest BCUT2D eigenvalue weighted by Gasteiger charge is 2.15. The van der Waals surface area contributed by atoms with Crippen molar-refractivity contribution in [1.29, 1.82) is 5.26 Å². The van der Waals surface area contributed by atoms with Crippen LogP contribution in [0.25, 0.3) is 88.2 Å². The van der Waals surface area contributed by atoms with Crippen molar-refractivity contribution in [3.8, 4) is 28.3 Å². The second-order valence-corrected chi connectivity index (χ2v) is 10.6. The first-order chi connectivity index (χ1) is 20.7. The van der Waals surface area contributed by atoms with Gasteiger partial charge in [-0.05, 0) is 87.6 Å². The lowest BCUT2D eigenvalue weighted by molar-refractivity contribution is 0.655. The predicted molar refractivity (Wildman–Crippen MR) is 167 cm³/mol. The Bertz CT molecular complexity index is 2580. The minimum absolute atomic E-state index is 0.558. The fraction of sp³-hybridized carbons (Fsp3) is 0. The van der Waals surface area contributed by atoms with Gasteiger partial charge < -0.3 is 8.83 Å². The topological polar surface area (TPSA) is 75.8 Å². The summed E-state index contributed by atoms with van der Waals surface area (Å²) in [7, 11) is 0. The van der Waals surface area contributed by atoms with Crippen LogP contribution in [0.15, 0.2) is 124 Å². The SMILES string of the molecule is N#Cc1ccc2oc3ccc(-c4ccc(-c5ccc6c(ccc7oc8nc9ccccc9nc8c76)c5)cc4)cc3c2c1. The van der Waals surface area contributed by atoms with Crippen molar-refractivity contribution in [1.82, 2.24) is 9.97 Å². The number of para-hydroxylation sites is 2. The van der Waals surface area contributed by atoms with Crippen molar-refractivity contribution in [3.05, 3.63) is 121 Å². The molecule has 42 heavy (non-hydrogen) atoms. The molecule has 0 aliphatic heterocycles. The van der Waals surface area contributed by atoms with E-state index in [0.717, 1.165) is 82.5 Å². The number of furan rings is 2. The van der Waals surface area contributed by atoms with Gasteiger partial charge in [-0.25, -0.2) is 9.97 Å². The van der Waals surface area contributed by atoms with Gasteiger partial charge in [-0.1, -0.05) is 60.7 Å². The summed E-state index contributed by atoms with van der Waals surface area (Å²) in [5.74, 6) is 0. The maximum absolute atomic E-state index is 9.34. The molecule has 3 heterocycles. The molecule has 5 heteroatoms. The zero-order chi connectivity index (χ0) is 27.8. The number of aromatic nitrogens is 2. The van der Waals surface area contributed by atoms with Gasteiger partial charge in [-0.2, -0.15) is 5.26 Å². The molecule has 0 saturated heterocycles. The molecule has 194 valence electrons. The van der Waals surface area contributed by atoms with Crippen LogP contribution in [0.2, 0.25) is 0 Å². The second kappa shape index (κ2) is 8.50. The van der Waals surface area contributed by atoms with E-state index in [1.807, 2.05) is 48.5 Å². The lowest BCUT2D eigenvalue weighted by Crippen LogP contribution is -1.85. The van der Waals surface area contributed by atoms with E-state index >= 15 is 0 Å². The Morgan fingerprint density at radius 1 is 0.524 bits per heavy atom. The minimum atomic E-state index is 0.558. The molecule has 0 aliphatic rings. The second-order valence-electron chi connectivity index (χ2n) is 10.6. The standard InChI is InChI=1S/C37H19N3O2/c38-20-21-5-14-32-28(17-21)29-19-25(11-15-33(29)41-32)23-8-6-22(7-9-23)24-10-13-27-26(18-24)12-16-34-35(27)36-37(42-34)40-31-4-2-1-3-30(31)39-36/h1-19H. The summed E-state index contributed by atoms with van der Waals surface area (Å²) in [6, 6.07) is 41.1. The molecule has 9 aromatic rings. The molecule has 9 rings (SSSR count). The number of fused-ring (bicyclic) bond motifs is 9. The molecule has 0 unspecified atom stereocenters. The zero-order valence-electron chi connectivity index (χ0n) is 22.1. The van der Waals surface area contributed by atoms with Crippen LogP contribution in [0.5, 0.6) is 0 Å². The predicted octanol–water partition coefficient (Wildman–Crippen LogP) is 9.79. The number of nitriles is 1. The van der Waals surface area contributed by atoms with Crippen LogP contribution >= 0.6 is 0 Å². The van der Waals surface area contributed by atoms with Crippen molar-refractivity contribution >= 4 is 65.9 Å². The van der Waals surface area contributed by atoms with E-state index in [9.17, 15) is 5.26 Å². The number of rotatable bonds is 2. The van der Waals surface area contributed by atoms with Crippen LogP contribution in [0, 0.1) is 11.3 Å². The maximum Gasteiger partial charge on any atom is 0.246 e. The molecule has 0 spiro atoms. The van der Waals surface area contributed by atoms with Gasteiger partial charge in [0.25, 0.3) is 0 Å². The average molecular weight is 538 g/mol. The van der Waals surface area contributed by atoms with Crippen molar-refractivity contribution in [3.63, 3.8) is 0 Å². The van der Waals surface area contributed by atoms with Crippen LogP contribution in [-0.2, 0) is 0 Å². The summed E-state index contributed by atoms with van der Waals surface area (Å²) < 4.78 is 12.1. The summed E-state index contributed by atoms with van der Waals surface area (Å²) in [6.45, 7) is 0. The Morgan fingerprint density at radius 2 is 1.17 bits per heavy atom. The minimum Gasteiger partial charge on any atom is -0.456 e. The maximum atomic E-state index is 9.34. The Balaban J connectivity index is 1.11. The molecule has 5 nitrogen and oxygen atoms in total. The molecular formula is C37H19N3O2. The molecule has 0 bridgehead atoms. The first-order valence-corrected chi connectivity index (χ1v) is 13.7. The Labute approximate surface area is 238 Å². The molecule has 0 N–H and O–H groups in total. The highest BCUT2D eigenvalue weighted by atomic mass is 16.3. The van der Waals surface area contributed by atoms with Crippen molar-refractivity contribution < 1.29 is 8.83 Å². The van der Waals surface area contributed by atoms with Gasteiger partial charge in [0, 0.05) is 10.8 Å². The summed E-state index contributed by atoms with van der Waals surface area (Å²) >= 11 is 0. The van der Waals surface area contributed by atoms with Gasteiger partial charge in [0.2, 0.25) is 5.71 Å². The third kappa shape index (κ3) is 3.36. The van der Waals surface area contributed by atoms with E-state index in [4.69, 9.17) is 18.8 Å². The Kier molecular flexibility index (Phi) is 4.61. The molecule has 3 aromatic heterocycles. The van der Waals surface area contributed by atoms with Crippen LogP contribution in [0.1, 0.15) is 5.56 Å². The lowest BCUT2D eigenvalue weighted by atomic mass is 9.96. The fourth-order valence-corrected chi connectivity index (χ4v) is 6.02. The van der Waals surface area contributed by atoms with E-state index in [-0.39, 0.29) is 0 Å². The number of hydrogen-bond acceptors (Lipinski definition) is 5. The number of benzene rings is 6. The summed E-state index contributed by atoms with van der Waals surface area (Å²) in [5.41, 5.74) is 10.5.